The lowest BCUT2D eigenvalue weighted by atomic mass is 10.1. The highest BCUT2D eigenvalue weighted by atomic mass is 16.5. The molecular weight excluding hydrogens is 288 g/mol. The number of anilines is 1. The van der Waals surface area contributed by atoms with Crippen molar-refractivity contribution < 1.29 is 4.74 Å². The molecule has 5 nitrogen and oxygen atoms in total. The second-order valence-corrected chi connectivity index (χ2v) is 6.29. The molecule has 3 rings (SSSR count). The zero-order valence-electron chi connectivity index (χ0n) is 14.0. The first-order valence-corrected chi connectivity index (χ1v) is 8.29. The Morgan fingerprint density at radius 3 is 2.83 bits per heavy atom. The number of H-pyrrole nitrogens is 1. The van der Waals surface area contributed by atoms with Crippen LogP contribution in [-0.4, -0.2) is 21.6 Å². The number of imidazole rings is 1. The number of nitrogen functional groups attached to an aromatic ring is 1. The van der Waals surface area contributed by atoms with Crippen LogP contribution in [0.15, 0.2) is 18.2 Å². The second-order valence-electron chi connectivity index (χ2n) is 6.29. The Morgan fingerprint density at radius 2 is 2.09 bits per heavy atom. The van der Waals surface area contributed by atoms with E-state index in [0.29, 0.717) is 18.3 Å². The van der Waals surface area contributed by atoms with Crippen molar-refractivity contribution in [3.63, 3.8) is 0 Å². The first kappa shape index (κ1) is 15.6. The van der Waals surface area contributed by atoms with Gasteiger partial charge in [-0.25, -0.2) is 9.97 Å². The van der Waals surface area contributed by atoms with Crippen LogP contribution < -0.4 is 10.5 Å². The maximum absolute atomic E-state index is 6.06. The van der Waals surface area contributed by atoms with Crippen molar-refractivity contribution in [1.29, 1.82) is 0 Å². The van der Waals surface area contributed by atoms with Gasteiger partial charge in [0.2, 0.25) is 0 Å². The van der Waals surface area contributed by atoms with E-state index in [4.69, 9.17) is 10.5 Å². The molecule has 5 heteroatoms. The smallest absolute Gasteiger partial charge is 0.152 e. The first-order chi connectivity index (χ1) is 11.1. The number of benzene rings is 1. The van der Waals surface area contributed by atoms with Crippen LogP contribution in [0.2, 0.25) is 0 Å². The summed E-state index contributed by atoms with van der Waals surface area (Å²) in [5.74, 6) is 2.91. The first-order valence-electron chi connectivity index (χ1n) is 8.29. The summed E-state index contributed by atoms with van der Waals surface area (Å²) < 4.78 is 6.03. The van der Waals surface area contributed by atoms with Gasteiger partial charge in [-0.05, 0) is 30.9 Å². The molecule has 0 aliphatic carbocycles. The Bertz CT molecular complexity index is 823. The summed E-state index contributed by atoms with van der Waals surface area (Å²) in [6.07, 6.45) is 3.03. The largest absolute Gasteiger partial charge is 0.493 e. The van der Waals surface area contributed by atoms with Gasteiger partial charge in [-0.1, -0.05) is 26.8 Å². The van der Waals surface area contributed by atoms with Crippen LogP contribution in [0.4, 0.5) is 5.82 Å². The van der Waals surface area contributed by atoms with Crippen molar-refractivity contribution in [2.75, 3.05) is 12.3 Å². The van der Waals surface area contributed by atoms with E-state index in [2.05, 4.69) is 35.7 Å². The molecule has 0 spiro atoms. The standard InChI is InChI=1S/C18H24N4O/c1-4-14-21-16-15-12(20-18(19)17(16)22-14)8-5-9-13(15)23-10-6-7-11(2)3/h5,8-9,11H,4,6-7,10H2,1-3H3,(H2,19,20)(H,21,22). The minimum atomic E-state index is 0.459. The number of ether oxygens (including phenoxy) is 1. The average Bonchev–Trinajstić information content (AvgIpc) is 2.96. The number of rotatable bonds is 6. The highest BCUT2D eigenvalue weighted by Gasteiger charge is 2.14. The molecule has 2 aromatic heterocycles. The molecule has 0 saturated carbocycles. The zero-order chi connectivity index (χ0) is 16.4. The van der Waals surface area contributed by atoms with Crippen LogP contribution in [0.25, 0.3) is 21.9 Å². The normalized spacial score (nSPS) is 11.7. The van der Waals surface area contributed by atoms with E-state index < -0.39 is 0 Å². The van der Waals surface area contributed by atoms with Crippen LogP contribution in [0.5, 0.6) is 5.75 Å². The van der Waals surface area contributed by atoms with Crippen molar-refractivity contribution >= 4 is 27.8 Å². The molecule has 0 radical (unpaired) electrons. The summed E-state index contributed by atoms with van der Waals surface area (Å²) in [6, 6.07) is 5.90. The number of aromatic amines is 1. The molecule has 122 valence electrons. The van der Waals surface area contributed by atoms with Crippen LogP contribution in [-0.2, 0) is 6.42 Å². The van der Waals surface area contributed by atoms with E-state index >= 15 is 0 Å². The van der Waals surface area contributed by atoms with Gasteiger partial charge in [0.1, 0.15) is 17.1 Å². The van der Waals surface area contributed by atoms with Gasteiger partial charge in [-0.2, -0.15) is 0 Å². The summed E-state index contributed by atoms with van der Waals surface area (Å²) >= 11 is 0. The van der Waals surface area contributed by atoms with Gasteiger partial charge in [0.15, 0.2) is 5.82 Å². The SMILES string of the molecule is CCc1nc2c(N)nc3cccc(OCCCC(C)C)c3c2[nH]1. The highest BCUT2D eigenvalue weighted by molar-refractivity contribution is 6.09. The van der Waals surface area contributed by atoms with Gasteiger partial charge in [0.25, 0.3) is 0 Å². The summed E-state index contributed by atoms with van der Waals surface area (Å²) in [5.41, 5.74) is 8.55. The molecule has 0 unspecified atom stereocenters. The number of hydrogen-bond donors (Lipinski definition) is 2. The van der Waals surface area contributed by atoms with Crippen molar-refractivity contribution in [2.24, 2.45) is 5.92 Å². The van der Waals surface area contributed by atoms with Crippen molar-refractivity contribution in [3.8, 4) is 5.75 Å². The molecule has 3 aromatic rings. The fraction of sp³-hybridized carbons (Fsp3) is 0.444. The summed E-state index contributed by atoms with van der Waals surface area (Å²) in [4.78, 5) is 12.4. The fourth-order valence-corrected chi connectivity index (χ4v) is 2.80. The van der Waals surface area contributed by atoms with Gasteiger partial charge < -0.3 is 15.5 Å². The number of hydrogen-bond acceptors (Lipinski definition) is 4. The third-order valence-electron chi connectivity index (χ3n) is 4.01. The van der Waals surface area contributed by atoms with E-state index in [9.17, 15) is 0 Å². The van der Waals surface area contributed by atoms with Gasteiger partial charge in [0.05, 0.1) is 23.0 Å². The van der Waals surface area contributed by atoms with Crippen LogP contribution in [0.3, 0.4) is 0 Å². The van der Waals surface area contributed by atoms with Gasteiger partial charge >= 0.3 is 0 Å². The number of aryl methyl sites for hydroxylation is 1. The van der Waals surface area contributed by atoms with Crippen LogP contribution >= 0.6 is 0 Å². The number of fused-ring (bicyclic) bond motifs is 3. The maximum atomic E-state index is 6.06. The molecule has 3 N–H and O–H groups in total. The molecule has 2 heterocycles. The number of nitrogens with two attached hydrogens (primary N) is 1. The molecular formula is C18H24N4O. The average molecular weight is 312 g/mol. The lowest BCUT2D eigenvalue weighted by Crippen LogP contribution is -2.01. The molecule has 0 saturated heterocycles. The predicted octanol–water partition coefficient (Wildman–Crippen LogP) is 4.07. The maximum Gasteiger partial charge on any atom is 0.152 e. The topological polar surface area (TPSA) is 76.8 Å². The molecule has 1 aromatic carbocycles. The zero-order valence-corrected chi connectivity index (χ0v) is 14.0. The van der Waals surface area contributed by atoms with Gasteiger partial charge in [-0.15, -0.1) is 0 Å². The molecule has 0 atom stereocenters. The van der Waals surface area contributed by atoms with E-state index in [0.717, 1.165) is 52.8 Å². The van der Waals surface area contributed by atoms with E-state index in [1.165, 1.54) is 0 Å². The van der Waals surface area contributed by atoms with Crippen LogP contribution in [0.1, 0.15) is 39.4 Å². The molecule has 0 bridgehead atoms. The third kappa shape index (κ3) is 3.09. The number of aromatic nitrogens is 3. The molecule has 0 aliphatic heterocycles. The van der Waals surface area contributed by atoms with Crippen molar-refractivity contribution in [2.45, 2.75) is 40.0 Å². The lowest BCUT2D eigenvalue weighted by Gasteiger charge is -2.11. The number of pyridine rings is 1. The predicted molar refractivity (Wildman–Crippen MR) is 94.8 cm³/mol. The Hall–Kier alpha value is -2.30. The van der Waals surface area contributed by atoms with E-state index in [-0.39, 0.29) is 0 Å². The third-order valence-corrected chi connectivity index (χ3v) is 4.01. The quantitative estimate of drug-likeness (QED) is 0.673. The Kier molecular flexibility index (Phi) is 4.37. The van der Waals surface area contributed by atoms with Gasteiger partial charge in [0, 0.05) is 6.42 Å². The molecule has 0 aliphatic rings. The van der Waals surface area contributed by atoms with Crippen molar-refractivity contribution in [3.05, 3.63) is 24.0 Å². The summed E-state index contributed by atoms with van der Waals surface area (Å²) in [6.45, 7) is 7.22. The molecule has 0 fully saturated rings. The minimum absolute atomic E-state index is 0.459. The summed E-state index contributed by atoms with van der Waals surface area (Å²) in [5, 5.41) is 0.966. The van der Waals surface area contributed by atoms with Crippen LogP contribution in [0, 0.1) is 5.92 Å². The lowest BCUT2D eigenvalue weighted by molar-refractivity contribution is 0.301. The monoisotopic (exact) mass is 312 g/mol. The van der Waals surface area contributed by atoms with Gasteiger partial charge in [-0.3, -0.25) is 0 Å². The Morgan fingerprint density at radius 1 is 1.26 bits per heavy atom. The number of nitrogens with zero attached hydrogens (tertiary/aromatic N) is 2. The Balaban J connectivity index is 2.02. The van der Waals surface area contributed by atoms with E-state index in [1.807, 2.05) is 18.2 Å². The second kappa shape index (κ2) is 6.44. The highest BCUT2D eigenvalue weighted by Crippen LogP contribution is 2.33. The summed E-state index contributed by atoms with van der Waals surface area (Å²) in [7, 11) is 0. The van der Waals surface area contributed by atoms with E-state index in [1.54, 1.807) is 0 Å². The Labute approximate surface area is 136 Å². The van der Waals surface area contributed by atoms with Crippen molar-refractivity contribution in [1.82, 2.24) is 15.0 Å². The number of nitrogens with one attached hydrogen (secondary N) is 1. The molecule has 23 heavy (non-hydrogen) atoms. The molecule has 0 amide bonds. The minimum Gasteiger partial charge on any atom is -0.493 e. The fourth-order valence-electron chi connectivity index (χ4n) is 2.80.